The lowest BCUT2D eigenvalue weighted by Crippen LogP contribution is -2.31. The van der Waals surface area contributed by atoms with E-state index in [4.69, 9.17) is 5.11 Å². The first-order valence-electron chi connectivity index (χ1n) is 5.63. The molecular formula is C13H17NO2. The van der Waals surface area contributed by atoms with Crippen LogP contribution in [-0.4, -0.2) is 24.7 Å². The van der Waals surface area contributed by atoms with Gasteiger partial charge >= 0.3 is 0 Å². The summed E-state index contributed by atoms with van der Waals surface area (Å²) in [6, 6.07) is 6.14. The van der Waals surface area contributed by atoms with E-state index in [9.17, 15) is 4.79 Å². The molecule has 3 nitrogen and oxygen atoms in total. The van der Waals surface area contributed by atoms with Crippen LogP contribution in [0.25, 0.3) is 0 Å². The summed E-state index contributed by atoms with van der Waals surface area (Å²) in [6.07, 6.45) is 1.42. The summed E-state index contributed by atoms with van der Waals surface area (Å²) in [7, 11) is 1.81. The van der Waals surface area contributed by atoms with Crippen LogP contribution in [0.5, 0.6) is 0 Å². The Kier molecular flexibility index (Phi) is 2.97. The Morgan fingerprint density at radius 1 is 1.44 bits per heavy atom. The molecule has 1 aromatic carbocycles. The van der Waals surface area contributed by atoms with E-state index < -0.39 is 0 Å². The van der Waals surface area contributed by atoms with Crippen LogP contribution in [0.15, 0.2) is 18.2 Å². The second-order valence-electron chi connectivity index (χ2n) is 4.42. The SMILES string of the molecule is CC(CO)c1ccc2c(c1)N(C)C(=O)CC2. The van der Waals surface area contributed by atoms with Gasteiger partial charge in [0.1, 0.15) is 0 Å². The van der Waals surface area contributed by atoms with Gasteiger partial charge in [-0.3, -0.25) is 4.79 Å². The molecule has 0 spiro atoms. The number of benzene rings is 1. The van der Waals surface area contributed by atoms with Crippen molar-refractivity contribution in [3.8, 4) is 0 Å². The smallest absolute Gasteiger partial charge is 0.227 e. The Balaban J connectivity index is 2.40. The summed E-state index contributed by atoms with van der Waals surface area (Å²) in [5.41, 5.74) is 3.30. The Labute approximate surface area is 95.7 Å². The van der Waals surface area contributed by atoms with Crippen molar-refractivity contribution in [2.24, 2.45) is 0 Å². The Morgan fingerprint density at radius 3 is 2.88 bits per heavy atom. The van der Waals surface area contributed by atoms with Crippen molar-refractivity contribution >= 4 is 11.6 Å². The molecule has 1 N–H and O–H groups in total. The first-order chi connectivity index (χ1) is 7.63. The van der Waals surface area contributed by atoms with Crippen LogP contribution in [0.3, 0.4) is 0 Å². The molecule has 86 valence electrons. The highest BCUT2D eigenvalue weighted by Gasteiger charge is 2.21. The van der Waals surface area contributed by atoms with Crippen molar-refractivity contribution in [2.75, 3.05) is 18.6 Å². The number of carbonyl (C=O) groups excluding carboxylic acids is 1. The van der Waals surface area contributed by atoms with Gasteiger partial charge < -0.3 is 10.0 Å². The third kappa shape index (κ3) is 1.83. The number of aliphatic hydroxyl groups is 1. The average molecular weight is 219 g/mol. The maximum Gasteiger partial charge on any atom is 0.227 e. The number of rotatable bonds is 2. The number of aryl methyl sites for hydroxylation is 1. The molecule has 0 aliphatic carbocycles. The van der Waals surface area contributed by atoms with Gasteiger partial charge in [-0.2, -0.15) is 0 Å². The standard InChI is InChI=1S/C13H17NO2/c1-9(8-15)11-4-3-10-5-6-13(16)14(2)12(10)7-11/h3-4,7,9,15H,5-6,8H2,1-2H3. The summed E-state index contributed by atoms with van der Waals surface area (Å²) >= 11 is 0. The third-order valence-electron chi connectivity index (χ3n) is 3.30. The van der Waals surface area contributed by atoms with Gasteiger partial charge in [-0.05, 0) is 23.6 Å². The zero-order valence-electron chi connectivity index (χ0n) is 9.73. The largest absolute Gasteiger partial charge is 0.396 e. The van der Waals surface area contributed by atoms with E-state index in [2.05, 4.69) is 6.07 Å². The van der Waals surface area contributed by atoms with E-state index in [1.807, 2.05) is 26.1 Å². The Morgan fingerprint density at radius 2 is 2.19 bits per heavy atom. The number of aliphatic hydroxyl groups excluding tert-OH is 1. The highest BCUT2D eigenvalue weighted by Crippen LogP contribution is 2.30. The fourth-order valence-corrected chi connectivity index (χ4v) is 2.06. The van der Waals surface area contributed by atoms with Crippen LogP contribution < -0.4 is 4.90 Å². The molecule has 0 bridgehead atoms. The van der Waals surface area contributed by atoms with E-state index >= 15 is 0 Å². The number of hydrogen-bond donors (Lipinski definition) is 1. The van der Waals surface area contributed by atoms with Crippen LogP contribution in [-0.2, 0) is 11.2 Å². The van der Waals surface area contributed by atoms with Gasteiger partial charge in [0.05, 0.1) is 0 Å². The molecule has 1 aromatic rings. The molecule has 0 fully saturated rings. The zero-order valence-corrected chi connectivity index (χ0v) is 9.73. The molecule has 2 rings (SSSR count). The maximum atomic E-state index is 11.6. The van der Waals surface area contributed by atoms with Crippen LogP contribution in [0, 0.1) is 0 Å². The van der Waals surface area contributed by atoms with Crippen molar-refractivity contribution in [3.63, 3.8) is 0 Å². The molecule has 1 unspecified atom stereocenters. The molecular weight excluding hydrogens is 202 g/mol. The second kappa shape index (κ2) is 4.26. The quantitative estimate of drug-likeness (QED) is 0.822. The highest BCUT2D eigenvalue weighted by molar-refractivity contribution is 5.95. The van der Waals surface area contributed by atoms with Crippen molar-refractivity contribution < 1.29 is 9.90 Å². The number of amides is 1. The van der Waals surface area contributed by atoms with Gasteiger partial charge in [0.15, 0.2) is 0 Å². The fourth-order valence-electron chi connectivity index (χ4n) is 2.06. The molecule has 0 radical (unpaired) electrons. The predicted molar refractivity (Wildman–Crippen MR) is 63.7 cm³/mol. The van der Waals surface area contributed by atoms with E-state index in [1.54, 1.807) is 4.90 Å². The Hall–Kier alpha value is -1.35. The lowest BCUT2D eigenvalue weighted by Gasteiger charge is -2.26. The monoisotopic (exact) mass is 219 g/mol. The van der Waals surface area contributed by atoms with Gasteiger partial charge in [-0.15, -0.1) is 0 Å². The van der Waals surface area contributed by atoms with Crippen LogP contribution >= 0.6 is 0 Å². The zero-order chi connectivity index (χ0) is 11.7. The predicted octanol–water partition coefficient (Wildman–Crippen LogP) is 1.69. The molecule has 0 saturated carbocycles. The third-order valence-corrected chi connectivity index (χ3v) is 3.30. The Bertz CT molecular complexity index is 414. The minimum atomic E-state index is 0.121. The number of nitrogens with zero attached hydrogens (tertiary/aromatic N) is 1. The van der Waals surface area contributed by atoms with Crippen molar-refractivity contribution in [2.45, 2.75) is 25.7 Å². The van der Waals surface area contributed by atoms with Crippen LogP contribution in [0.4, 0.5) is 5.69 Å². The topological polar surface area (TPSA) is 40.5 Å². The van der Waals surface area contributed by atoms with E-state index in [1.165, 1.54) is 5.56 Å². The molecule has 1 heterocycles. The van der Waals surface area contributed by atoms with Crippen LogP contribution in [0.2, 0.25) is 0 Å². The molecule has 0 aromatic heterocycles. The number of carbonyl (C=O) groups is 1. The van der Waals surface area contributed by atoms with Gasteiger partial charge in [0, 0.05) is 31.7 Å². The molecule has 16 heavy (non-hydrogen) atoms. The first-order valence-corrected chi connectivity index (χ1v) is 5.63. The van der Waals surface area contributed by atoms with E-state index in [-0.39, 0.29) is 18.4 Å². The molecule has 1 atom stereocenters. The average Bonchev–Trinajstić information content (AvgIpc) is 2.32. The van der Waals surface area contributed by atoms with Gasteiger partial charge in [0.2, 0.25) is 5.91 Å². The summed E-state index contributed by atoms with van der Waals surface area (Å²) < 4.78 is 0. The molecule has 1 amide bonds. The first kappa shape index (κ1) is 11.1. The molecule has 3 heteroatoms. The molecule has 0 saturated heterocycles. The lowest BCUT2D eigenvalue weighted by atomic mass is 9.95. The fraction of sp³-hybridized carbons (Fsp3) is 0.462. The maximum absolute atomic E-state index is 11.6. The second-order valence-corrected chi connectivity index (χ2v) is 4.42. The van der Waals surface area contributed by atoms with Crippen molar-refractivity contribution in [1.29, 1.82) is 0 Å². The van der Waals surface area contributed by atoms with E-state index in [0.717, 1.165) is 17.7 Å². The summed E-state index contributed by atoms with van der Waals surface area (Å²) in [4.78, 5) is 13.3. The number of fused-ring (bicyclic) bond motifs is 1. The number of hydrogen-bond acceptors (Lipinski definition) is 2. The van der Waals surface area contributed by atoms with Crippen molar-refractivity contribution in [3.05, 3.63) is 29.3 Å². The number of anilines is 1. The highest BCUT2D eigenvalue weighted by atomic mass is 16.3. The molecule has 1 aliphatic heterocycles. The van der Waals surface area contributed by atoms with Gasteiger partial charge in [0.25, 0.3) is 0 Å². The van der Waals surface area contributed by atoms with E-state index in [0.29, 0.717) is 6.42 Å². The normalized spacial score (nSPS) is 17.2. The molecule has 1 aliphatic rings. The van der Waals surface area contributed by atoms with Crippen molar-refractivity contribution in [1.82, 2.24) is 0 Å². The minimum absolute atomic E-state index is 0.121. The lowest BCUT2D eigenvalue weighted by molar-refractivity contribution is -0.118. The van der Waals surface area contributed by atoms with Gasteiger partial charge in [-0.25, -0.2) is 0 Å². The summed E-state index contributed by atoms with van der Waals surface area (Å²) in [5.74, 6) is 0.289. The van der Waals surface area contributed by atoms with Gasteiger partial charge in [-0.1, -0.05) is 19.1 Å². The summed E-state index contributed by atoms with van der Waals surface area (Å²) in [6.45, 7) is 2.11. The van der Waals surface area contributed by atoms with Crippen LogP contribution in [0.1, 0.15) is 30.4 Å². The minimum Gasteiger partial charge on any atom is -0.396 e. The summed E-state index contributed by atoms with van der Waals surface area (Å²) in [5, 5.41) is 9.13.